The van der Waals surface area contributed by atoms with Gasteiger partial charge in [0.25, 0.3) is 0 Å². The highest BCUT2D eigenvalue weighted by molar-refractivity contribution is 5.75. The molecule has 19 heavy (non-hydrogen) atoms. The smallest absolute Gasteiger partial charge is 0.304 e. The van der Waals surface area contributed by atoms with Crippen LogP contribution in [0.1, 0.15) is 11.4 Å². The van der Waals surface area contributed by atoms with Crippen molar-refractivity contribution >= 4 is 17.0 Å². The maximum absolute atomic E-state index is 11.9. The van der Waals surface area contributed by atoms with Gasteiger partial charge in [-0.3, -0.25) is 5.43 Å². The van der Waals surface area contributed by atoms with Crippen LogP contribution in [0.4, 0.5) is 5.95 Å². The fourth-order valence-corrected chi connectivity index (χ4v) is 2.04. The van der Waals surface area contributed by atoms with E-state index >= 15 is 0 Å². The monoisotopic (exact) mass is 255 g/mol. The van der Waals surface area contributed by atoms with Crippen LogP contribution in [0.5, 0.6) is 0 Å². The average Bonchev–Trinajstić information content (AvgIpc) is 2.65. The number of benzene rings is 1. The summed E-state index contributed by atoms with van der Waals surface area (Å²) in [6.45, 7) is 3.77. The number of rotatable bonds is 2. The second-order valence-electron chi connectivity index (χ2n) is 4.37. The molecule has 0 spiro atoms. The Kier molecular flexibility index (Phi) is 2.56. The number of fused-ring (bicyclic) bond motifs is 1. The lowest BCUT2D eigenvalue weighted by molar-refractivity contribution is 0.886. The predicted octanol–water partition coefficient (Wildman–Crippen LogP) is 1.61. The van der Waals surface area contributed by atoms with Gasteiger partial charge in [0, 0.05) is 11.4 Å². The van der Waals surface area contributed by atoms with E-state index < -0.39 is 0 Å². The molecule has 0 aliphatic rings. The van der Waals surface area contributed by atoms with Gasteiger partial charge in [-0.1, -0.05) is 12.1 Å². The third kappa shape index (κ3) is 2.08. The molecule has 3 aromatic rings. The molecule has 0 fully saturated rings. The summed E-state index contributed by atoms with van der Waals surface area (Å²) in [5.41, 5.74) is 5.91. The van der Waals surface area contributed by atoms with Gasteiger partial charge in [-0.05, 0) is 32.0 Å². The number of aromatic nitrogens is 4. The minimum absolute atomic E-state index is 0.246. The standard InChI is InChI=1S/C13H13N5O/c1-8-7-9(2)15-12(14-8)17-18-11-6-4-3-5-10(11)16-13(18)19/h3-7H,1-2H3,(H,16,19)(H,14,15,17). The molecule has 0 radical (unpaired) electrons. The second kappa shape index (κ2) is 4.24. The van der Waals surface area contributed by atoms with Crippen LogP contribution >= 0.6 is 0 Å². The molecule has 6 nitrogen and oxygen atoms in total. The Morgan fingerprint density at radius 3 is 2.58 bits per heavy atom. The minimum atomic E-state index is -0.246. The maximum atomic E-state index is 11.9. The molecule has 2 heterocycles. The van der Waals surface area contributed by atoms with Gasteiger partial charge in [-0.15, -0.1) is 0 Å². The van der Waals surface area contributed by atoms with E-state index in [9.17, 15) is 4.79 Å². The molecule has 0 aliphatic carbocycles. The number of aryl methyl sites for hydroxylation is 2. The van der Waals surface area contributed by atoms with Crippen LogP contribution in [0.25, 0.3) is 11.0 Å². The number of H-pyrrole nitrogens is 1. The summed E-state index contributed by atoms with van der Waals surface area (Å²) in [7, 11) is 0. The van der Waals surface area contributed by atoms with Gasteiger partial charge in [-0.25, -0.2) is 19.4 Å². The summed E-state index contributed by atoms with van der Waals surface area (Å²) in [4.78, 5) is 23.2. The minimum Gasteiger partial charge on any atom is -0.304 e. The highest BCUT2D eigenvalue weighted by Gasteiger charge is 2.07. The molecule has 0 saturated heterocycles. The first-order valence-corrected chi connectivity index (χ1v) is 5.92. The predicted molar refractivity (Wildman–Crippen MR) is 73.1 cm³/mol. The Morgan fingerprint density at radius 1 is 1.16 bits per heavy atom. The molecule has 0 amide bonds. The fourth-order valence-electron chi connectivity index (χ4n) is 2.04. The fraction of sp³-hybridized carbons (Fsp3) is 0.154. The van der Waals surface area contributed by atoms with E-state index in [0.29, 0.717) is 5.95 Å². The SMILES string of the molecule is Cc1cc(C)nc(Nn2c(=O)[nH]c3ccccc32)n1. The average molecular weight is 255 g/mol. The molecule has 0 aliphatic heterocycles. The lowest BCUT2D eigenvalue weighted by atomic mass is 10.3. The summed E-state index contributed by atoms with van der Waals surface area (Å²) >= 11 is 0. The van der Waals surface area contributed by atoms with Gasteiger partial charge in [0.15, 0.2) is 0 Å². The molecule has 0 saturated carbocycles. The molecular formula is C13H13N5O. The van der Waals surface area contributed by atoms with E-state index in [1.54, 1.807) is 0 Å². The number of aromatic amines is 1. The van der Waals surface area contributed by atoms with Crippen molar-refractivity contribution in [3.63, 3.8) is 0 Å². The van der Waals surface area contributed by atoms with Gasteiger partial charge in [0.1, 0.15) is 0 Å². The third-order valence-electron chi connectivity index (χ3n) is 2.78. The second-order valence-corrected chi connectivity index (χ2v) is 4.37. The summed E-state index contributed by atoms with van der Waals surface area (Å²) in [5, 5.41) is 0. The van der Waals surface area contributed by atoms with Gasteiger partial charge in [0.2, 0.25) is 5.95 Å². The highest BCUT2D eigenvalue weighted by Crippen LogP contribution is 2.10. The summed E-state index contributed by atoms with van der Waals surface area (Å²) in [6.07, 6.45) is 0. The van der Waals surface area contributed by atoms with Crippen molar-refractivity contribution < 1.29 is 0 Å². The highest BCUT2D eigenvalue weighted by atomic mass is 16.2. The first-order valence-electron chi connectivity index (χ1n) is 5.92. The Labute approximate surface area is 109 Å². The van der Waals surface area contributed by atoms with Gasteiger partial charge < -0.3 is 4.98 Å². The Balaban J connectivity index is 2.10. The molecule has 1 aromatic carbocycles. The largest absolute Gasteiger partial charge is 0.345 e. The van der Waals surface area contributed by atoms with Crippen LogP contribution in [0.15, 0.2) is 35.1 Å². The molecular weight excluding hydrogens is 242 g/mol. The first kappa shape index (κ1) is 11.5. The molecule has 0 bridgehead atoms. The Hall–Kier alpha value is -2.63. The number of anilines is 1. The van der Waals surface area contributed by atoms with Crippen LogP contribution in [0, 0.1) is 13.8 Å². The van der Waals surface area contributed by atoms with E-state index in [1.165, 1.54) is 4.68 Å². The number of nitrogens with zero attached hydrogens (tertiary/aromatic N) is 3. The zero-order valence-electron chi connectivity index (χ0n) is 10.6. The van der Waals surface area contributed by atoms with Crippen molar-refractivity contribution in [1.82, 2.24) is 19.6 Å². The molecule has 3 rings (SSSR count). The lowest BCUT2D eigenvalue weighted by Crippen LogP contribution is -2.24. The van der Waals surface area contributed by atoms with Crippen molar-refractivity contribution in [1.29, 1.82) is 0 Å². The van der Waals surface area contributed by atoms with Crippen molar-refractivity contribution in [2.75, 3.05) is 5.43 Å². The maximum Gasteiger partial charge on any atom is 0.345 e. The van der Waals surface area contributed by atoms with Gasteiger partial charge in [-0.2, -0.15) is 0 Å². The van der Waals surface area contributed by atoms with Crippen molar-refractivity contribution in [2.24, 2.45) is 0 Å². The van der Waals surface area contributed by atoms with Crippen LogP contribution in [-0.4, -0.2) is 19.6 Å². The number of hydrogen-bond donors (Lipinski definition) is 2. The quantitative estimate of drug-likeness (QED) is 0.729. The van der Waals surface area contributed by atoms with E-state index in [4.69, 9.17) is 0 Å². The first-order chi connectivity index (χ1) is 9.13. The van der Waals surface area contributed by atoms with E-state index in [1.807, 2.05) is 44.2 Å². The van der Waals surface area contributed by atoms with Crippen molar-refractivity contribution in [2.45, 2.75) is 13.8 Å². The van der Waals surface area contributed by atoms with E-state index in [2.05, 4.69) is 20.4 Å². The molecule has 96 valence electrons. The van der Waals surface area contributed by atoms with Crippen LogP contribution in [0.2, 0.25) is 0 Å². The number of para-hydroxylation sites is 2. The zero-order valence-corrected chi connectivity index (χ0v) is 10.6. The Bertz CT molecular complexity index is 782. The molecule has 6 heteroatoms. The molecule has 0 atom stereocenters. The molecule has 0 unspecified atom stereocenters. The number of imidazole rings is 1. The number of nitrogens with one attached hydrogen (secondary N) is 2. The lowest BCUT2D eigenvalue weighted by Gasteiger charge is -2.07. The molecule has 2 aromatic heterocycles. The van der Waals surface area contributed by atoms with Crippen molar-refractivity contribution in [3.8, 4) is 0 Å². The normalized spacial score (nSPS) is 10.8. The zero-order chi connectivity index (χ0) is 13.4. The molecule has 2 N–H and O–H groups in total. The van der Waals surface area contributed by atoms with Gasteiger partial charge >= 0.3 is 5.69 Å². The van der Waals surface area contributed by atoms with Crippen LogP contribution < -0.4 is 11.1 Å². The summed E-state index contributed by atoms with van der Waals surface area (Å²) in [6, 6.07) is 9.31. The van der Waals surface area contributed by atoms with E-state index in [-0.39, 0.29) is 5.69 Å². The van der Waals surface area contributed by atoms with E-state index in [0.717, 1.165) is 22.4 Å². The summed E-state index contributed by atoms with van der Waals surface area (Å²) in [5.74, 6) is 0.407. The topological polar surface area (TPSA) is 75.6 Å². The van der Waals surface area contributed by atoms with Gasteiger partial charge in [0.05, 0.1) is 11.0 Å². The third-order valence-corrected chi connectivity index (χ3v) is 2.78. The van der Waals surface area contributed by atoms with Crippen molar-refractivity contribution in [3.05, 3.63) is 52.2 Å². The summed E-state index contributed by atoms with van der Waals surface area (Å²) < 4.78 is 1.41. The number of hydrogen-bond acceptors (Lipinski definition) is 4. The van der Waals surface area contributed by atoms with Crippen LogP contribution in [0.3, 0.4) is 0 Å². The Morgan fingerprint density at radius 2 is 1.84 bits per heavy atom. The van der Waals surface area contributed by atoms with Crippen LogP contribution in [-0.2, 0) is 0 Å².